The molecular formula is C18H19N3. The van der Waals surface area contributed by atoms with E-state index < -0.39 is 0 Å². The summed E-state index contributed by atoms with van der Waals surface area (Å²) in [5.41, 5.74) is 5.30. The van der Waals surface area contributed by atoms with Gasteiger partial charge < -0.3 is 5.32 Å². The molecule has 1 N–H and O–H groups in total. The minimum absolute atomic E-state index is 0.0759. The maximum absolute atomic E-state index is 4.78. The zero-order chi connectivity index (χ0) is 14.7. The van der Waals surface area contributed by atoms with Crippen molar-refractivity contribution in [1.82, 2.24) is 15.3 Å². The molecule has 1 aromatic heterocycles. The van der Waals surface area contributed by atoms with Gasteiger partial charge in [-0.2, -0.15) is 0 Å². The largest absolute Gasteiger partial charge is 0.305 e. The number of nitrogens with one attached hydrogen (secondary N) is 1. The molecule has 0 aliphatic carbocycles. The molecule has 0 amide bonds. The fourth-order valence-electron chi connectivity index (χ4n) is 2.56. The van der Waals surface area contributed by atoms with Gasteiger partial charge in [0.25, 0.3) is 0 Å². The van der Waals surface area contributed by atoms with Crippen LogP contribution in [0.15, 0.2) is 54.7 Å². The predicted molar refractivity (Wildman–Crippen MR) is 86.2 cm³/mol. The summed E-state index contributed by atoms with van der Waals surface area (Å²) in [7, 11) is 0. The third kappa shape index (κ3) is 2.93. The first kappa shape index (κ1) is 13.7. The van der Waals surface area contributed by atoms with E-state index >= 15 is 0 Å². The highest BCUT2D eigenvalue weighted by Gasteiger charge is 2.15. The number of para-hydroxylation sites is 2. The lowest BCUT2D eigenvalue weighted by atomic mass is 10.0. The molecule has 3 aromatic rings. The monoisotopic (exact) mass is 277 g/mol. The highest BCUT2D eigenvalue weighted by atomic mass is 14.9. The molecule has 3 nitrogen and oxygen atoms in total. The summed E-state index contributed by atoms with van der Waals surface area (Å²) in [5.74, 6) is 0. The van der Waals surface area contributed by atoms with Crippen LogP contribution in [-0.4, -0.2) is 16.5 Å². The van der Waals surface area contributed by atoms with Gasteiger partial charge in [-0.05, 0) is 31.2 Å². The second kappa shape index (κ2) is 6.02. The van der Waals surface area contributed by atoms with Crippen molar-refractivity contribution in [2.24, 2.45) is 0 Å². The molecule has 0 saturated heterocycles. The summed E-state index contributed by atoms with van der Waals surface area (Å²) in [6.07, 6.45) is 1.87. The molecule has 21 heavy (non-hydrogen) atoms. The van der Waals surface area contributed by atoms with Crippen LogP contribution in [0, 0.1) is 6.92 Å². The lowest BCUT2D eigenvalue weighted by molar-refractivity contribution is 0.615. The van der Waals surface area contributed by atoms with Gasteiger partial charge in [-0.25, -0.2) is 4.98 Å². The average Bonchev–Trinajstić information content (AvgIpc) is 2.52. The van der Waals surface area contributed by atoms with Crippen molar-refractivity contribution in [3.05, 3.63) is 71.5 Å². The summed E-state index contributed by atoms with van der Waals surface area (Å²) >= 11 is 0. The molecule has 106 valence electrons. The molecule has 2 aromatic carbocycles. The van der Waals surface area contributed by atoms with Crippen LogP contribution in [0.25, 0.3) is 11.0 Å². The van der Waals surface area contributed by atoms with Gasteiger partial charge in [-0.15, -0.1) is 0 Å². The molecule has 0 radical (unpaired) electrons. The Morgan fingerprint density at radius 3 is 2.62 bits per heavy atom. The fraction of sp³-hybridized carbons (Fsp3) is 0.222. The molecule has 1 atom stereocenters. The zero-order valence-electron chi connectivity index (χ0n) is 12.4. The molecule has 0 spiro atoms. The van der Waals surface area contributed by atoms with Crippen LogP contribution in [0.2, 0.25) is 0 Å². The normalized spacial score (nSPS) is 12.5. The maximum Gasteiger partial charge on any atom is 0.0890 e. The van der Waals surface area contributed by atoms with E-state index in [-0.39, 0.29) is 6.04 Å². The Labute approximate surface area is 125 Å². The van der Waals surface area contributed by atoms with Gasteiger partial charge in [0.1, 0.15) is 0 Å². The van der Waals surface area contributed by atoms with Gasteiger partial charge in [-0.1, -0.05) is 48.9 Å². The molecule has 3 rings (SSSR count). The highest BCUT2D eigenvalue weighted by molar-refractivity contribution is 5.73. The molecule has 0 aliphatic heterocycles. The lowest BCUT2D eigenvalue weighted by Gasteiger charge is -2.18. The molecule has 0 aliphatic rings. The van der Waals surface area contributed by atoms with Crippen molar-refractivity contribution in [2.75, 3.05) is 6.54 Å². The van der Waals surface area contributed by atoms with Crippen LogP contribution in [-0.2, 0) is 0 Å². The first-order valence-electron chi connectivity index (χ1n) is 7.29. The van der Waals surface area contributed by atoms with Crippen LogP contribution in [0.5, 0.6) is 0 Å². The van der Waals surface area contributed by atoms with E-state index in [1.165, 1.54) is 11.1 Å². The van der Waals surface area contributed by atoms with Gasteiger partial charge in [0, 0.05) is 0 Å². The van der Waals surface area contributed by atoms with Crippen molar-refractivity contribution < 1.29 is 0 Å². The molecular weight excluding hydrogens is 258 g/mol. The second-order valence-electron chi connectivity index (χ2n) is 5.19. The highest BCUT2D eigenvalue weighted by Crippen LogP contribution is 2.22. The third-order valence-electron chi connectivity index (χ3n) is 3.55. The minimum Gasteiger partial charge on any atom is -0.305 e. The van der Waals surface area contributed by atoms with Crippen LogP contribution in [0.1, 0.15) is 29.8 Å². The summed E-state index contributed by atoms with van der Waals surface area (Å²) in [6.45, 7) is 5.10. The molecule has 0 bridgehead atoms. The van der Waals surface area contributed by atoms with Crippen molar-refractivity contribution in [3.8, 4) is 0 Å². The van der Waals surface area contributed by atoms with Crippen molar-refractivity contribution in [1.29, 1.82) is 0 Å². The lowest BCUT2D eigenvalue weighted by Crippen LogP contribution is -2.23. The van der Waals surface area contributed by atoms with E-state index in [0.29, 0.717) is 0 Å². The Bertz CT molecular complexity index is 752. The number of aromatic nitrogens is 2. The summed E-state index contributed by atoms with van der Waals surface area (Å²) in [6, 6.07) is 16.6. The SMILES string of the molecule is CCNC(c1cccc(C)c1)c1cnc2ccccc2n1. The predicted octanol–water partition coefficient (Wildman–Crippen LogP) is 3.64. The topological polar surface area (TPSA) is 37.8 Å². The van der Waals surface area contributed by atoms with E-state index in [4.69, 9.17) is 4.98 Å². The molecule has 3 heteroatoms. The number of aryl methyl sites for hydroxylation is 1. The number of benzene rings is 2. The average molecular weight is 277 g/mol. The van der Waals surface area contributed by atoms with Gasteiger partial charge >= 0.3 is 0 Å². The van der Waals surface area contributed by atoms with E-state index in [0.717, 1.165) is 23.3 Å². The molecule has 0 saturated carbocycles. The third-order valence-corrected chi connectivity index (χ3v) is 3.55. The van der Waals surface area contributed by atoms with Crippen LogP contribution in [0.3, 0.4) is 0 Å². The Balaban J connectivity index is 2.06. The summed E-state index contributed by atoms with van der Waals surface area (Å²) in [4.78, 5) is 9.30. The van der Waals surface area contributed by atoms with Crippen LogP contribution >= 0.6 is 0 Å². The van der Waals surface area contributed by atoms with E-state index in [2.05, 4.69) is 48.4 Å². The van der Waals surface area contributed by atoms with Gasteiger partial charge in [0.05, 0.1) is 29.0 Å². The van der Waals surface area contributed by atoms with Crippen molar-refractivity contribution >= 4 is 11.0 Å². The summed E-state index contributed by atoms with van der Waals surface area (Å²) < 4.78 is 0. The second-order valence-corrected chi connectivity index (χ2v) is 5.19. The molecule has 1 unspecified atom stereocenters. The zero-order valence-corrected chi connectivity index (χ0v) is 12.4. The molecule has 1 heterocycles. The van der Waals surface area contributed by atoms with E-state index in [9.17, 15) is 0 Å². The van der Waals surface area contributed by atoms with Crippen LogP contribution < -0.4 is 5.32 Å². The van der Waals surface area contributed by atoms with Crippen molar-refractivity contribution in [3.63, 3.8) is 0 Å². The van der Waals surface area contributed by atoms with Crippen LogP contribution in [0.4, 0.5) is 0 Å². The first-order chi connectivity index (χ1) is 10.3. The quantitative estimate of drug-likeness (QED) is 0.791. The smallest absolute Gasteiger partial charge is 0.0890 e. The Morgan fingerprint density at radius 1 is 1.05 bits per heavy atom. The number of hydrogen-bond acceptors (Lipinski definition) is 3. The van der Waals surface area contributed by atoms with Gasteiger partial charge in [0.15, 0.2) is 0 Å². The Kier molecular flexibility index (Phi) is 3.93. The fourth-order valence-corrected chi connectivity index (χ4v) is 2.56. The maximum atomic E-state index is 4.78. The minimum atomic E-state index is 0.0759. The Morgan fingerprint density at radius 2 is 1.86 bits per heavy atom. The number of nitrogens with zero attached hydrogens (tertiary/aromatic N) is 2. The Hall–Kier alpha value is -2.26. The van der Waals surface area contributed by atoms with E-state index in [1.54, 1.807) is 0 Å². The van der Waals surface area contributed by atoms with Gasteiger partial charge in [0.2, 0.25) is 0 Å². The first-order valence-corrected chi connectivity index (χ1v) is 7.29. The number of rotatable bonds is 4. The van der Waals surface area contributed by atoms with Crippen molar-refractivity contribution in [2.45, 2.75) is 19.9 Å². The number of fused-ring (bicyclic) bond motifs is 1. The number of hydrogen-bond donors (Lipinski definition) is 1. The van der Waals surface area contributed by atoms with Gasteiger partial charge in [-0.3, -0.25) is 4.98 Å². The molecule has 0 fully saturated rings. The van der Waals surface area contributed by atoms with E-state index in [1.807, 2.05) is 30.5 Å². The summed E-state index contributed by atoms with van der Waals surface area (Å²) in [5, 5.41) is 3.50. The standard InChI is InChI=1S/C18H19N3/c1-3-19-18(14-8-6-7-13(2)11-14)17-12-20-15-9-4-5-10-16(15)21-17/h4-12,18-19H,3H2,1-2H3.